The van der Waals surface area contributed by atoms with Gasteiger partial charge in [0, 0.05) is 36.6 Å². The molecule has 3 aromatic heterocycles. The standard InChI is InChI=1S/C14H15N5OS/c1-9(7-19-6-5-16-8-19)18-13(20)12-11(15)10-3-2-4-17-14(10)21-12/h2-6,8-9H,7,15H2,1H3,(H,18,20). The van der Waals surface area contributed by atoms with E-state index in [-0.39, 0.29) is 11.9 Å². The molecule has 0 bridgehead atoms. The summed E-state index contributed by atoms with van der Waals surface area (Å²) in [6, 6.07) is 3.67. The zero-order chi connectivity index (χ0) is 14.8. The number of hydrogen-bond acceptors (Lipinski definition) is 5. The zero-order valence-electron chi connectivity index (χ0n) is 11.5. The maximum Gasteiger partial charge on any atom is 0.263 e. The number of rotatable bonds is 4. The van der Waals surface area contributed by atoms with Crippen molar-refractivity contribution >= 4 is 33.1 Å². The molecule has 1 atom stereocenters. The Bertz CT molecular complexity index is 765. The highest BCUT2D eigenvalue weighted by atomic mass is 32.1. The van der Waals surface area contributed by atoms with E-state index in [0.29, 0.717) is 17.1 Å². The number of carbonyl (C=O) groups excluding carboxylic acids is 1. The van der Waals surface area contributed by atoms with Crippen LogP contribution in [0.4, 0.5) is 5.69 Å². The van der Waals surface area contributed by atoms with Crippen LogP contribution in [0, 0.1) is 0 Å². The van der Waals surface area contributed by atoms with Crippen molar-refractivity contribution in [3.63, 3.8) is 0 Å². The van der Waals surface area contributed by atoms with E-state index in [4.69, 9.17) is 5.73 Å². The number of nitrogens with one attached hydrogen (secondary N) is 1. The maximum absolute atomic E-state index is 12.3. The number of nitrogen functional groups attached to an aromatic ring is 1. The van der Waals surface area contributed by atoms with Crippen LogP contribution in [-0.2, 0) is 6.54 Å². The first kappa shape index (κ1) is 13.6. The van der Waals surface area contributed by atoms with Crippen molar-refractivity contribution in [2.75, 3.05) is 5.73 Å². The molecule has 7 heteroatoms. The summed E-state index contributed by atoms with van der Waals surface area (Å²) in [6.45, 7) is 2.61. The number of pyridine rings is 1. The van der Waals surface area contributed by atoms with Gasteiger partial charge in [0.1, 0.15) is 9.71 Å². The van der Waals surface area contributed by atoms with Crippen molar-refractivity contribution in [1.82, 2.24) is 19.9 Å². The second-order valence-electron chi connectivity index (χ2n) is 4.83. The molecule has 0 aromatic carbocycles. The summed E-state index contributed by atoms with van der Waals surface area (Å²) in [6.07, 6.45) is 6.99. The monoisotopic (exact) mass is 301 g/mol. The van der Waals surface area contributed by atoms with E-state index in [2.05, 4.69) is 15.3 Å². The lowest BCUT2D eigenvalue weighted by Crippen LogP contribution is -2.35. The number of carbonyl (C=O) groups is 1. The number of imidazole rings is 1. The second-order valence-corrected chi connectivity index (χ2v) is 5.83. The highest BCUT2D eigenvalue weighted by Gasteiger charge is 2.18. The molecule has 3 heterocycles. The van der Waals surface area contributed by atoms with Crippen molar-refractivity contribution in [3.8, 4) is 0 Å². The molecule has 0 aliphatic rings. The quantitative estimate of drug-likeness (QED) is 0.770. The Hall–Kier alpha value is -2.41. The molecule has 0 saturated heterocycles. The van der Waals surface area contributed by atoms with Crippen LogP contribution >= 0.6 is 11.3 Å². The summed E-state index contributed by atoms with van der Waals surface area (Å²) in [5.74, 6) is -0.164. The zero-order valence-corrected chi connectivity index (χ0v) is 12.3. The Kier molecular flexibility index (Phi) is 3.57. The van der Waals surface area contributed by atoms with Crippen molar-refractivity contribution in [2.45, 2.75) is 19.5 Å². The third-order valence-corrected chi connectivity index (χ3v) is 4.26. The minimum absolute atomic E-state index is 0.0238. The minimum atomic E-state index is -0.164. The predicted molar refractivity (Wildman–Crippen MR) is 83.2 cm³/mol. The molecule has 0 radical (unpaired) electrons. The van der Waals surface area contributed by atoms with Crippen LogP contribution in [0.1, 0.15) is 16.6 Å². The molecule has 0 spiro atoms. The van der Waals surface area contributed by atoms with Gasteiger partial charge >= 0.3 is 0 Å². The Morgan fingerprint density at radius 1 is 1.52 bits per heavy atom. The van der Waals surface area contributed by atoms with Gasteiger partial charge in [-0.1, -0.05) is 0 Å². The van der Waals surface area contributed by atoms with Crippen LogP contribution in [0.2, 0.25) is 0 Å². The summed E-state index contributed by atoms with van der Waals surface area (Å²) in [5.41, 5.74) is 6.54. The molecular weight excluding hydrogens is 286 g/mol. The maximum atomic E-state index is 12.3. The lowest BCUT2D eigenvalue weighted by molar-refractivity contribution is 0.0941. The Morgan fingerprint density at radius 2 is 2.38 bits per heavy atom. The lowest BCUT2D eigenvalue weighted by Gasteiger charge is -2.13. The van der Waals surface area contributed by atoms with Crippen molar-refractivity contribution < 1.29 is 4.79 Å². The molecule has 3 rings (SSSR count). The molecule has 3 N–H and O–H groups in total. The summed E-state index contributed by atoms with van der Waals surface area (Å²) in [4.78, 5) is 21.8. The number of aromatic nitrogens is 3. The number of nitrogens with zero attached hydrogens (tertiary/aromatic N) is 3. The van der Waals surface area contributed by atoms with E-state index in [9.17, 15) is 4.79 Å². The fourth-order valence-corrected chi connectivity index (χ4v) is 3.13. The van der Waals surface area contributed by atoms with Crippen LogP contribution in [0.15, 0.2) is 37.1 Å². The highest BCUT2D eigenvalue weighted by molar-refractivity contribution is 7.21. The average Bonchev–Trinajstić information content (AvgIpc) is 3.07. The fourth-order valence-electron chi connectivity index (χ4n) is 2.17. The molecule has 0 fully saturated rings. The van der Waals surface area contributed by atoms with E-state index >= 15 is 0 Å². The average molecular weight is 301 g/mol. The number of fused-ring (bicyclic) bond motifs is 1. The largest absolute Gasteiger partial charge is 0.397 e. The topological polar surface area (TPSA) is 85.8 Å². The first-order chi connectivity index (χ1) is 10.1. The van der Waals surface area contributed by atoms with Crippen molar-refractivity contribution in [1.29, 1.82) is 0 Å². The molecule has 6 nitrogen and oxygen atoms in total. The van der Waals surface area contributed by atoms with E-state index in [1.54, 1.807) is 18.7 Å². The number of amides is 1. The molecule has 1 unspecified atom stereocenters. The van der Waals surface area contributed by atoms with Gasteiger partial charge in [-0.15, -0.1) is 11.3 Å². The second kappa shape index (κ2) is 5.53. The summed E-state index contributed by atoms with van der Waals surface area (Å²) >= 11 is 1.31. The van der Waals surface area contributed by atoms with Gasteiger partial charge in [-0.05, 0) is 19.1 Å². The van der Waals surface area contributed by atoms with Crippen LogP contribution in [-0.4, -0.2) is 26.5 Å². The van der Waals surface area contributed by atoms with Gasteiger partial charge in [-0.25, -0.2) is 9.97 Å². The van der Waals surface area contributed by atoms with Crippen LogP contribution in [0.3, 0.4) is 0 Å². The first-order valence-corrected chi connectivity index (χ1v) is 7.36. The van der Waals surface area contributed by atoms with Gasteiger partial charge in [-0.2, -0.15) is 0 Å². The minimum Gasteiger partial charge on any atom is -0.397 e. The van der Waals surface area contributed by atoms with E-state index in [0.717, 1.165) is 10.2 Å². The smallest absolute Gasteiger partial charge is 0.263 e. The van der Waals surface area contributed by atoms with Crippen molar-refractivity contribution in [2.24, 2.45) is 0 Å². The number of nitrogens with two attached hydrogens (primary N) is 1. The van der Waals surface area contributed by atoms with E-state index in [1.807, 2.05) is 29.8 Å². The van der Waals surface area contributed by atoms with Gasteiger partial charge in [0.15, 0.2) is 0 Å². The van der Waals surface area contributed by atoms with Gasteiger partial charge in [0.25, 0.3) is 5.91 Å². The Morgan fingerprint density at radius 3 is 3.10 bits per heavy atom. The molecular formula is C14H15N5OS. The lowest BCUT2D eigenvalue weighted by atomic mass is 10.2. The van der Waals surface area contributed by atoms with E-state index < -0.39 is 0 Å². The molecule has 0 aliphatic carbocycles. The SMILES string of the molecule is CC(Cn1ccnc1)NC(=O)c1sc2ncccc2c1N. The van der Waals surface area contributed by atoms with E-state index in [1.165, 1.54) is 11.3 Å². The third kappa shape index (κ3) is 2.73. The number of hydrogen-bond donors (Lipinski definition) is 2. The molecule has 0 aliphatic heterocycles. The fraction of sp³-hybridized carbons (Fsp3) is 0.214. The number of thiophene rings is 1. The Labute approximate surface area is 125 Å². The van der Waals surface area contributed by atoms with Gasteiger partial charge in [0.2, 0.25) is 0 Å². The normalized spacial score (nSPS) is 12.4. The molecule has 21 heavy (non-hydrogen) atoms. The Balaban J connectivity index is 1.76. The van der Waals surface area contributed by atoms with Crippen LogP contribution < -0.4 is 11.1 Å². The number of anilines is 1. The van der Waals surface area contributed by atoms with Gasteiger partial charge in [0.05, 0.1) is 12.0 Å². The molecule has 0 saturated carbocycles. The van der Waals surface area contributed by atoms with Gasteiger partial charge in [-0.3, -0.25) is 4.79 Å². The molecule has 108 valence electrons. The summed E-state index contributed by atoms with van der Waals surface area (Å²) < 4.78 is 1.92. The third-order valence-electron chi connectivity index (χ3n) is 3.13. The summed E-state index contributed by atoms with van der Waals surface area (Å²) in [7, 11) is 0. The van der Waals surface area contributed by atoms with Crippen LogP contribution in [0.25, 0.3) is 10.2 Å². The van der Waals surface area contributed by atoms with Crippen LogP contribution in [0.5, 0.6) is 0 Å². The first-order valence-electron chi connectivity index (χ1n) is 6.54. The van der Waals surface area contributed by atoms with Crippen molar-refractivity contribution in [3.05, 3.63) is 41.9 Å². The predicted octanol–water partition coefficient (Wildman–Crippen LogP) is 1.89. The molecule has 3 aromatic rings. The van der Waals surface area contributed by atoms with Gasteiger partial charge < -0.3 is 15.6 Å². The summed E-state index contributed by atoms with van der Waals surface area (Å²) in [5, 5.41) is 3.78. The highest BCUT2D eigenvalue weighted by Crippen LogP contribution is 2.31. The molecule has 1 amide bonds.